The van der Waals surface area contributed by atoms with E-state index in [9.17, 15) is 14.7 Å². The van der Waals surface area contributed by atoms with Gasteiger partial charge in [0, 0.05) is 12.8 Å². The molecule has 0 heterocycles. The predicted octanol–water partition coefficient (Wildman–Crippen LogP) is 17.9. The maximum atomic E-state index is 12.3. The molecule has 0 aliphatic heterocycles. The van der Waals surface area contributed by atoms with Gasteiger partial charge in [0.1, 0.15) is 6.61 Å². The van der Waals surface area contributed by atoms with E-state index in [2.05, 4.69) is 160 Å². The second kappa shape index (κ2) is 55.1. The summed E-state index contributed by atoms with van der Waals surface area (Å²) in [5.74, 6) is -0.634. The van der Waals surface area contributed by atoms with Crippen molar-refractivity contribution < 1.29 is 24.2 Å². The van der Waals surface area contributed by atoms with Gasteiger partial charge in [-0.1, -0.05) is 224 Å². The molecule has 1 N–H and O–H groups in total. The number of carbonyl (C=O) groups excluding carboxylic acids is 2. The molecule has 0 saturated carbocycles. The minimum Gasteiger partial charge on any atom is -0.462 e. The van der Waals surface area contributed by atoms with E-state index in [1.54, 1.807) is 0 Å². The molecule has 0 aliphatic rings. The number of aliphatic hydroxyl groups is 1. The van der Waals surface area contributed by atoms with E-state index in [1.165, 1.54) is 51.4 Å². The molecule has 1 unspecified atom stereocenters. The van der Waals surface area contributed by atoms with Gasteiger partial charge >= 0.3 is 11.9 Å². The van der Waals surface area contributed by atoms with E-state index in [-0.39, 0.29) is 25.2 Å². The second-order valence-corrected chi connectivity index (χ2v) is 16.8. The summed E-state index contributed by atoms with van der Waals surface area (Å²) in [5, 5.41) is 9.62. The highest BCUT2D eigenvalue weighted by atomic mass is 16.6. The Labute approximate surface area is 406 Å². The predicted molar refractivity (Wildman–Crippen MR) is 287 cm³/mol. The molecule has 66 heavy (non-hydrogen) atoms. The molecule has 5 nitrogen and oxygen atoms in total. The molecule has 0 aromatic rings. The van der Waals surface area contributed by atoms with Crippen LogP contribution in [-0.4, -0.2) is 36.4 Å². The molecule has 0 fully saturated rings. The van der Waals surface area contributed by atoms with E-state index >= 15 is 0 Å². The van der Waals surface area contributed by atoms with Crippen LogP contribution in [0.15, 0.2) is 146 Å². The van der Waals surface area contributed by atoms with Gasteiger partial charge in [-0.2, -0.15) is 0 Å². The largest absolute Gasteiger partial charge is 0.462 e. The zero-order valence-corrected chi connectivity index (χ0v) is 42.1. The molecule has 0 bridgehead atoms. The molecular formula is C61H96O5. The molecule has 370 valence electrons. The summed E-state index contributed by atoms with van der Waals surface area (Å²) in [6.07, 6.45) is 83.7. The number of carbonyl (C=O) groups is 2. The third-order valence-corrected chi connectivity index (χ3v) is 10.6. The van der Waals surface area contributed by atoms with Crippen molar-refractivity contribution in [3.05, 3.63) is 146 Å². The number of esters is 2. The fraction of sp³-hybridized carbons (Fsp3) is 0.574. The summed E-state index contributed by atoms with van der Waals surface area (Å²) in [6.45, 7) is 3.87. The van der Waals surface area contributed by atoms with Crippen molar-refractivity contribution in [3.8, 4) is 0 Å². The summed E-state index contributed by atoms with van der Waals surface area (Å²) in [4.78, 5) is 24.4. The molecule has 0 aromatic heterocycles. The molecule has 0 radical (unpaired) electrons. The van der Waals surface area contributed by atoms with Crippen molar-refractivity contribution in [1.29, 1.82) is 0 Å². The molecule has 5 heteroatoms. The van der Waals surface area contributed by atoms with Crippen LogP contribution in [0.25, 0.3) is 0 Å². The van der Waals surface area contributed by atoms with Crippen LogP contribution >= 0.6 is 0 Å². The summed E-state index contributed by atoms with van der Waals surface area (Å²) in [7, 11) is 0. The Bertz CT molecular complexity index is 1450. The Morgan fingerprint density at radius 1 is 0.348 bits per heavy atom. The van der Waals surface area contributed by atoms with Crippen LogP contribution < -0.4 is 0 Å². The van der Waals surface area contributed by atoms with E-state index in [1.807, 2.05) is 0 Å². The topological polar surface area (TPSA) is 72.8 Å². The molecule has 0 rings (SSSR count). The van der Waals surface area contributed by atoms with Gasteiger partial charge in [0.05, 0.1) is 6.61 Å². The Morgan fingerprint density at radius 2 is 0.606 bits per heavy atom. The van der Waals surface area contributed by atoms with Crippen LogP contribution in [0.2, 0.25) is 0 Å². The highest BCUT2D eigenvalue weighted by Gasteiger charge is 2.16. The summed E-state index contributed by atoms with van der Waals surface area (Å²) < 4.78 is 10.6. The third kappa shape index (κ3) is 52.4. The average Bonchev–Trinajstić information content (AvgIpc) is 3.32. The van der Waals surface area contributed by atoms with Gasteiger partial charge in [-0.3, -0.25) is 9.59 Å². The quantitative estimate of drug-likeness (QED) is 0.0374. The first kappa shape index (κ1) is 61.8. The Kier molecular flexibility index (Phi) is 51.6. The zero-order valence-electron chi connectivity index (χ0n) is 42.1. The van der Waals surface area contributed by atoms with Crippen molar-refractivity contribution in [2.45, 2.75) is 213 Å². The van der Waals surface area contributed by atoms with Crippen LogP contribution in [0.5, 0.6) is 0 Å². The van der Waals surface area contributed by atoms with Crippen LogP contribution in [0.4, 0.5) is 0 Å². The van der Waals surface area contributed by atoms with E-state index < -0.39 is 6.10 Å². The maximum Gasteiger partial charge on any atom is 0.306 e. The third-order valence-electron chi connectivity index (χ3n) is 10.6. The lowest BCUT2D eigenvalue weighted by Gasteiger charge is -2.15. The van der Waals surface area contributed by atoms with Gasteiger partial charge < -0.3 is 14.6 Å². The highest BCUT2D eigenvalue weighted by molar-refractivity contribution is 5.70. The number of rotatable bonds is 46. The molecule has 0 aliphatic carbocycles. The van der Waals surface area contributed by atoms with Crippen molar-refractivity contribution in [2.75, 3.05) is 13.2 Å². The van der Waals surface area contributed by atoms with Crippen molar-refractivity contribution in [1.82, 2.24) is 0 Å². The number of ether oxygens (including phenoxy) is 2. The monoisotopic (exact) mass is 909 g/mol. The molecule has 0 amide bonds. The molecule has 0 saturated heterocycles. The van der Waals surface area contributed by atoms with Gasteiger partial charge in [0.2, 0.25) is 0 Å². The van der Waals surface area contributed by atoms with Gasteiger partial charge in [-0.05, 0) is 116 Å². The number of allylic oxidation sites excluding steroid dienone is 24. The Balaban J connectivity index is 3.61. The average molecular weight is 909 g/mol. The van der Waals surface area contributed by atoms with E-state index in [4.69, 9.17) is 9.47 Å². The smallest absolute Gasteiger partial charge is 0.306 e. The lowest BCUT2D eigenvalue weighted by Crippen LogP contribution is -2.28. The number of aliphatic hydroxyl groups excluding tert-OH is 1. The molecule has 0 aromatic carbocycles. The number of unbranched alkanes of at least 4 members (excludes halogenated alkanes) is 14. The van der Waals surface area contributed by atoms with Gasteiger partial charge in [0.15, 0.2) is 6.10 Å². The maximum absolute atomic E-state index is 12.3. The highest BCUT2D eigenvalue weighted by Crippen LogP contribution is 2.13. The first-order valence-electron chi connectivity index (χ1n) is 26.4. The van der Waals surface area contributed by atoms with Crippen LogP contribution in [0, 0.1) is 0 Å². The minimum atomic E-state index is -0.796. The first-order chi connectivity index (χ1) is 32.6. The first-order valence-corrected chi connectivity index (χ1v) is 26.4. The number of hydrogen-bond acceptors (Lipinski definition) is 5. The SMILES string of the molecule is CC/C=C\C/C=C\C/C=C\C/C=C\C/C=C\C/C=C\C/C=C\C/C=C\CCCCCCCCCCCCC(=O)OC(CO)COC(=O)CCCCCC/C=C\C/C=C\C/C=C\C/C=C\CC. The van der Waals surface area contributed by atoms with Crippen molar-refractivity contribution >= 4 is 11.9 Å². The second-order valence-electron chi connectivity index (χ2n) is 16.8. The van der Waals surface area contributed by atoms with Gasteiger partial charge in [-0.25, -0.2) is 0 Å². The Hall–Kier alpha value is -4.22. The lowest BCUT2D eigenvalue weighted by atomic mass is 10.0. The van der Waals surface area contributed by atoms with Crippen molar-refractivity contribution in [3.63, 3.8) is 0 Å². The summed E-state index contributed by atoms with van der Waals surface area (Å²) >= 11 is 0. The molecule has 0 spiro atoms. The zero-order chi connectivity index (χ0) is 47.7. The van der Waals surface area contributed by atoms with Crippen molar-refractivity contribution in [2.24, 2.45) is 0 Å². The van der Waals surface area contributed by atoms with E-state index in [0.29, 0.717) is 12.8 Å². The molecular weight excluding hydrogens is 813 g/mol. The lowest BCUT2D eigenvalue weighted by molar-refractivity contribution is -0.161. The minimum absolute atomic E-state index is 0.0892. The summed E-state index contributed by atoms with van der Waals surface area (Å²) in [5.41, 5.74) is 0. The summed E-state index contributed by atoms with van der Waals surface area (Å²) in [6, 6.07) is 0. The van der Waals surface area contributed by atoms with Crippen LogP contribution in [0.1, 0.15) is 206 Å². The van der Waals surface area contributed by atoms with Crippen LogP contribution in [-0.2, 0) is 19.1 Å². The van der Waals surface area contributed by atoms with Crippen LogP contribution in [0.3, 0.4) is 0 Å². The van der Waals surface area contributed by atoms with Gasteiger partial charge in [-0.15, -0.1) is 0 Å². The molecule has 1 atom stereocenters. The fourth-order valence-corrected chi connectivity index (χ4v) is 6.74. The fourth-order valence-electron chi connectivity index (χ4n) is 6.74. The number of hydrogen-bond donors (Lipinski definition) is 1. The normalized spacial score (nSPS) is 13.4. The standard InChI is InChI=1S/C61H96O5/c1-3-5-7-9-11-13-15-17-19-21-22-23-24-25-26-27-28-29-30-31-32-33-34-35-36-37-38-40-42-44-46-48-50-52-54-56-61(64)66-59(57-62)58-65-60(63)55-53-51-49-47-45-43-41-39-20-18-16-14-12-10-8-6-4-2/h5-8,11-14,17-20,22-23,25-26,28-29,31-32,34-35,41,43,59,62H,3-4,9-10,15-16,21,24,27,30,33,36-40,42,44-58H2,1-2H3/b7-5-,8-6-,13-11-,14-12-,19-17-,20-18-,23-22-,26-25-,29-28-,32-31-,35-34-,43-41-. The Morgan fingerprint density at radius 3 is 0.909 bits per heavy atom. The van der Waals surface area contributed by atoms with Gasteiger partial charge in [0.25, 0.3) is 0 Å². The van der Waals surface area contributed by atoms with E-state index in [0.717, 1.165) is 128 Å².